The van der Waals surface area contributed by atoms with Gasteiger partial charge in [-0.15, -0.1) is 0 Å². The third-order valence-corrected chi connectivity index (χ3v) is 1.69. The maximum absolute atomic E-state index is 7.02. The van der Waals surface area contributed by atoms with Crippen LogP contribution in [0.5, 0.6) is 0 Å². The second-order valence-electron chi connectivity index (χ2n) is 2.41. The molecule has 0 heterocycles. The van der Waals surface area contributed by atoms with Crippen molar-refractivity contribution < 1.29 is 0 Å². The predicted molar refractivity (Wildman–Crippen MR) is 50.7 cm³/mol. The van der Waals surface area contributed by atoms with Gasteiger partial charge >= 0.3 is 0 Å². The maximum Gasteiger partial charge on any atom is 0.110 e. The summed E-state index contributed by atoms with van der Waals surface area (Å²) < 4.78 is 0. The van der Waals surface area contributed by atoms with E-state index in [1.165, 1.54) is 0 Å². The molecule has 0 aliphatic rings. The first kappa shape index (κ1) is 9.34. The Labute approximate surface area is 76.2 Å². The molecule has 0 unspecified atom stereocenters. The van der Waals surface area contributed by atoms with Crippen LogP contribution in [0.1, 0.15) is 5.56 Å². The molecule has 1 aromatic rings. The summed E-state index contributed by atoms with van der Waals surface area (Å²) in [6.07, 6.45) is 0.974. The highest BCUT2D eigenvalue weighted by Gasteiger charge is 2.05. The number of nitrogens with zero attached hydrogens (tertiary/aromatic N) is 2. The van der Waals surface area contributed by atoms with Crippen LogP contribution in [-0.2, 0) is 6.54 Å². The maximum atomic E-state index is 7.02. The molecule has 0 saturated heterocycles. The smallest absolute Gasteiger partial charge is 0.110 e. The van der Waals surface area contributed by atoms with Gasteiger partial charge in [-0.3, -0.25) is 5.41 Å². The largest absolute Gasteiger partial charge is 0.326 e. The summed E-state index contributed by atoms with van der Waals surface area (Å²) in [6.45, 7) is 0.371. The van der Waals surface area contributed by atoms with Gasteiger partial charge in [-0.1, -0.05) is 23.4 Å². The van der Waals surface area contributed by atoms with Gasteiger partial charge in [-0.25, -0.2) is 5.01 Å². The minimum absolute atomic E-state index is 0.371. The first-order chi connectivity index (χ1) is 6.33. The highest BCUT2D eigenvalue weighted by atomic mass is 15.5. The average Bonchev–Trinajstić information content (AvgIpc) is 2.20. The Morgan fingerprint density at radius 2 is 2.15 bits per heavy atom. The molecule has 0 saturated carbocycles. The van der Waals surface area contributed by atoms with Gasteiger partial charge in [0.25, 0.3) is 0 Å². The Morgan fingerprint density at radius 1 is 1.46 bits per heavy atom. The van der Waals surface area contributed by atoms with Gasteiger partial charge in [-0.05, 0) is 11.6 Å². The van der Waals surface area contributed by atoms with Gasteiger partial charge in [0.15, 0.2) is 0 Å². The van der Waals surface area contributed by atoms with Crippen molar-refractivity contribution in [3.63, 3.8) is 0 Å². The van der Waals surface area contributed by atoms with E-state index in [1.54, 1.807) is 6.07 Å². The molecule has 1 aromatic carbocycles. The molecule has 0 aliphatic heterocycles. The quantitative estimate of drug-likeness (QED) is 0.281. The molecule has 0 bridgehead atoms. The molecule has 5 heteroatoms. The fourth-order valence-electron chi connectivity index (χ4n) is 1.06. The topological polar surface area (TPSA) is 89.3 Å². The summed E-state index contributed by atoms with van der Waals surface area (Å²) in [5.41, 5.74) is 13.9. The normalized spacial score (nSPS) is 9.31. The second kappa shape index (κ2) is 4.32. The number of para-hydroxylation sites is 1. The summed E-state index contributed by atoms with van der Waals surface area (Å²) in [4.78, 5) is 0. The lowest BCUT2D eigenvalue weighted by Gasteiger charge is -2.13. The van der Waals surface area contributed by atoms with Crippen LogP contribution >= 0.6 is 0 Å². The zero-order valence-corrected chi connectivity index (χ0v) is 7.07. The molecular weight excluding hydrogens is 166 g/mol. The molecule has 4 N–H and O–H groups in total. The number of nitrogens with two attached hydrogens (primary N) is 1. The van der Waals surface area contributed by atoms with Crippen molar-refractivity contribution in [2.24, 2.45) is 11.0 Å². The van der Waals surface area contributed by atoms with E-state index >= 15 is 0 Å². The first-order valence-electron chi connectivity index (χ1n) is 3.78. The van der Waals surface area contributed by atoms with Gasteiger partial charge < -0.3 is 5.73 Å². The van der Waals surface area contributed by atoms with Crippen LogP contribution in [0.25, 0.3) is 0 Å². The molecule has 0 amide bonds. The lowest BCUT2D eigenvalue weighted by Crippen LogP contribution is -2.14. The molecule has 5 nitrogen and oxygen atoms in total. The standard InChI is InChI=1S/C8H11N5/c9-5-7-3-1-2-4-8(7)13(6-10)12-11/h1-4,6,10-11H,5,9H2. The Bertz CT molecular complexity index is 301. The molecule has 13 heavy (non-hydrogen) atoms. The third-order valence-electron chi connectivity index (χ3n) is 1.69. The van der Waals surface area contributed by atoms with E-state index in [0.717, 1.165) is 16.9 Å². The number of nitrogens with one attached hydrogen (secondary N) is 2. The van der Waals surface area contributed by atoms with Crippen molar-refractivity contribution in [1.29, 1.82) is 10.9 Å². The molecule has 0 spiro atoms. The van der Waals surface area contributed by atoms with Crippen LogP contribution in [0, 0.1) is 10.9 Å². The van der Waals surface area contributed by atoms with Crippen molar-refractivity contribution in [1.82, 2.24) is 0 Å². The van der Waals surface area contributed by atoms with Crippen LogP contribution in [0.4, 0.5) is 5.69 Å². The SMILES string of the molecule is N=CN(N=N)c1ccccc1CN. The van der Waals surface area contributed by atoms with Crippen molar-refractivity contribution >= 4 is 12.0 Å². The van der Waals surface area contributed by atoms with Crippen LogP contribution < -0.4 is 10.7 Å². The van der Waals surface area contributed by atoms with Crippen molar-refractivity contribution in [2.75, 3.05) is 5.01 Å². The van der Waals surface area contributed by atoms with E-state index in [1.807, 2.05) is 18.2 Å². The number of hydrogen-bond donors (Lipinski definition) is 3. The Hall–Kier alpha value is -1.75. The Balaban J connectivity index is 3.10. The van der Waals surface area contributed by atoms with Crippen molar-refractivity contribution in [3.8, 4) is 0 Å². The van der Waals surface area contributed by atoms with Crippen molar-refractivity contribution in [3.05, 3.63) is 29.8 Å². The Morgan fingerprint density at radius 3 is 2.69 bits per heavy atom. The molecular formula is C8H11N5. The summed E-state index contributed by atoms with van der Waals surface area (Å²) >= 11 is 0. The first-order valence-corrected chi connectivity index (χ1v) is 3.78. The highest BCUT2D eigenvalue weighted by Crippen LogP contribution is 2.18. The fourth-order valence-corrected chi connectivity index (χ4v) is 1.06. The predicted octanol–water partition coefficient (Wildman–Crippen LogP) is 1.50. The average molecular weight is 177 g/mol. The minimum atomic E-state index is 0.371. The number of hydrogen-bond acceptors (Lipinski definition) is 4. The fraction of sp³-hybridized carbons (Fsp3) is 0.125. The molecule has 0 aliphatic carbocycles. The molecule has 0 radical (unpaired) electrons. The highest BCUT2D eigenvalue weighted by molar-refractivity contribution is 5.77. The summed E-state index contributed by atoms with van der Waals surface area (Å²) in [7, 11) is 0. The van der Waals surface area contributed by atoms with E-state index in [-0.39, 0.29) is 0 Å². The van der Waals surface area contributed by atoms with Gasteiger partial charge in [0, 0.05) is 6.54 Å². The van der Waals surface area contributed by atoms with Crippen LogP contribution in [0.15, 0.2) is 29.5 Å². The van der Waals surface area contributed by atoms with Gasteiger partial charge in [-0.2, -0.15) is 5.53 Å². The summed E-state index contributed by atoms with van der Waals surface area (Å²) in [6, 6.07) is 7.29. The minimum Gasteiger partial charge on any atom is -0.326 e. The second-order valence-corrected chi connectivity index (χ2v) is 2.41. The number of benzene rings is 1. The molecule has 0 aromatic heterocycles. The zero-order valence-electron chi connectivity index (χ0n) is 7.07. The van der Waals surface area contributed by atoms with Gasteiger partial charge in [0.05, 0.1) is 5.69 Å². The molecule has 0 atom stereocenters. The van der Waals surface area contributed by atoms with E-state index in [0.29, 0.717) is 12.2 Å². The zero-order chi connectivity index (χ0) is 9.68. The summed E-state index contributed by atoms with van der Waals surface area (Å²) in [5.74, 6) is 0. The molecule has 1 rings (SSSR count). The lowest BCUT2D eigenvalue weighted by molar-refractivity contribution is 0.935. The molecule has 68 valence electrons. The lowest BCUT2D eigenvalue weighted by atomic mass is 10.2. The van der Waals surface area contributed by atoms with E-state index in [4.69, 9.17) is 16.7 Å². The van der Waals surface area contributed by atoms with Gasteiger partial charge in [0.2, 0.25) is 0 Å². The summed E-state index contributed by atoms with van der Waals surface area (Å²) in [5, 5.41) is 11.3. The van der Waals surface area contributed by atoms with Crippen LogP contribution in [0.2, 0.25) is 0 Å². The number of rotatable bonds is 4. The van der Waals surface area contributed by atoms with Crippen molar-refractivity contribution in [2.45, 2.75) is 6.54 Å². The van der Waals surface area contributed by atoms with Gasteiger partial charge in [0.1, 0.15) is 6.34 Å². The Kier molecular flexibility index (Phi) is 3.10. The van der Waals surface area contributed by atoms with Crippen LogP contribution in [0.3, 0.4) is 0 Å². The van der Waals surface area contributed by atoms with E-state index in [2.05, 4.69) is 5.22 Å². The van der Waals surface area contributed by atoms with E-state index < -0.39 is 0 Å². The van der Waals surface area contributed by atoms with E-state index in [9.17, 15) is 0 Å². The molecule has 0 fully saturated rings. The monoisotopic (exact) mass is 177 g/mol. The number of anilines is 1. The third kappa shape index (κ3) is 1.88. The van der Waals surface area contributed by atoms with Crippen LogP contribution in [-0.4, -0.2) is 6.34 Å².